The van der Waals surface area contributed by atoms with Crippen molar-refractivity contribution in [1.82, 2.24) is 9.72 Å². The summed E-state index contributed by atoms with van der Waals surface area (Å²) >= 11 is 0. The zero-order chi connectivity index (χ0) is 21.1. The number of hydrogen-bond donors (Lipinski definition) is 1. The summed E-state index contributed by atoms with van der Waals surface area (Å²) in [5.74, 6) is 0.526. The van der Waals surface area contributed by atoms with Crippen molar-refractivity contribution >= 4 is 5.69 Å². The molecule has 1 unspecified atom stereocenters. The number of rotatable bonds is 6. The summed E-state index contributed by atoms with van der Waals surface area (Å²) < 4.78 is 11.8. The molecule has 0 spiro atoms. The van der Waals surface area contributed by atoms with Crippen LogP contribution >= 0.6 is 0 Å². The smallest absolute Gasteiger partial charge is 0.440 e. The van der Waals surface area contributed by atoms with Crippen molar-refractivity contribution in [3.8, 4) is 5.75 Å². The minimum Gasteiger partial charge on any atom is -0.493 e. The van der Waals surface area contributed by atoms with Gasteiger partial charge in [-0.05, 0) is 55.5 Å². The third-order valence-electron chi connectivity index (χ3n) is 5.64. The van der Waals surface area contributed by atoms with E-state index in [-0.39, 0.29) is 6.54 Å². The van der Waals surface area contributed by atoms with Gasteiger partial charge in [0, 0.05) is 24.7 Å². The van der Waals surface area contributed by atoms with Crippen LogP contribution in [0.4, 0.5) is 5.69 Å². The minimum atomic E-state index is -0.748. The standard InChI is InChI=1S/C23H27N3O4/c1-16-5-3-6-17(2)21(16)25-12-4-7-19(13-25)15-29-20-10-8-18(9-11-20)14-26-22(27)24-23(28)30-26/h3,5-6,8-11,19H,4,7,12-15H2,1-2H3,(H,24,27,28). The first-order valence-corrected chi connectivity index (χ1v) is 10.3. The molecule has 0 bridgehead atoms. The molecule has 30 heavy (non-hydrogen) atoms. The Morgan fingerprint density at radius 3 is 2.50 bits per heavy atom. The summed E-state index contributed by atoms with van der Waals surface area (Å²) in [6, 6.07) is 14.0. The topological polar surface area (TPSA) is 80.5 Å². The number of aromatic nitrogens is 2. The number of hydrogen-bond acceptors (Lipinski definition) is 5. The zero-order valence-electron chi connectivity index (χ0n) is 17.4. The van der Waals surface area contributed by atoms with Crippen molar-refractivity contribution in [3.05, 3.63) is 80.2 Å². The molecule has 0 radical (unpaired) electrons. The van der Waals surface area contributed by atoms with E-state index in [9.17, 15) is 9.59 Å². The lowest BCUT2D eigenvalue weighted by Gasteiger charge is -2.36. The second-order valence-corrected chi connectivity index (χ2v) is 8.00. The Morgan fingerprint density at radius 1 is 1.10 bits per heavy atom. The third kappa shape index (κ3) is 4.50. The highest BCUT2D eigenvalue weighted by molar-refractivity contribution is 5.59. The van der Waals surface area contributed by atoms with Gasteiger partial charge in [0.1, 0.15) is 5.75 Å². The third-order valence-corrected chi connectivity index (χ3v) is 5.64. The molecule has 0 amide bonds. The highest BCUT2D eigenvalue weighted by Crippen LogP contribution is 2.29. The van der Waals surface area contributed by atoms with Crippen LogP contribution in [0.15, 0.2) is 56.6 Å². The van der Waals surface area contributed by atoms with E-state index in [0.29, 0.717) is 12.5 Å². The molecule has 2 aromatic carbocycles. The van der Waals surface area contributed by atoms with Crippen LogP contribution in [-0.4, -0.2) is 29.4 Å². The predicted molar refractivity (Wildman–Crippen MR) is 115 cm³/mol. The van der Waals surface area contributed by atoms with Crippen LogP contribution in [0.3, 0.4) is 0 Å². The second-order valence-electron chi connectivity index (χ2n) is 8.00. The molecule has 7 heteroatoms. The lowest BCUT2D eigenvalue weighted by Crippen LogP contribution is -2.38. The number of para-hydroxylation sites is 1. The largest absolute Gasteiger partial charge is 0.493 e. The Balaban J connectivity index is 1.34. The van der Waals surface area contributed by atoms with Gasteiger partial charge in [-0.15, -0.1) is 4.74 Å². The molecular weight excluding hydrogens is 382 g/mol. The normalized spacial score (nSPS) is 16.6. The second kappa shape index (κ2) is 8.65. The van der Waals surface area contributed by atoms with Gasteiger partial charge in [-0.2, -0.15) is 0 Å². The first kappa shape index (κ1) is 20.1. The van der Waals surface area contributed by atoms with E-state index < -0.39 is 11.4 Å². The van der Waals surface area contributed by atoms with E-state index in [1.807, 2.05) is 24.3 Å². The van der Waals surface area contributed by atoms with Gasteiger partial charge in [0.2, 0.25) is 0 Å². The molecule has 1 atom stereocenters. The molecule has 4 rings (SSSR count). The number of benzene rings is 2. The molecule has 1 aromatic heterocycles. The van der Waals surface area contributed by atoms with Crippen LogP contribution in [0.25, 0.3) is 0 Å². The molecule has 158 valence electrons. The predicted octanol–water partition coefficient (Wildman–Crippen LogP) is 3.09. The summed E-state index contributed by atoms with van der Waals surface area (Å²) in [5.41, 5.74) is 4.31. The van der Waals surface area contributed by atoms with E-state index in [0.717, 1.165) is 42.0 Å². The van der Waals surface area contributed by atoms with Crippen LogP contribution in [0.2, 0.25) is 0 Å². The van der Waals surface area contributed by atoms with Gasteiger partial charge < -0.3 is 14.2 Å². The summed E-state index contributed by atoms with van der Waals surface area (Å²) in [6.07, 6.45) is 2.33. The first-order chi connectivity index (χ1) is 14.5. The van der Waals surface area contributed by atoms with Crippen molar-refractivity contribution in [2.45, 2.75) is 33.2 Å². The maximum atomic E-state index is 11.5. The minimum absolute atomic E-state index is 0.200. The Kier molecular flexibility index (Phi) is 5.79. The molecule has 1 N–H and O–H groups in total. The quantitative estimate of drug-likeness (QED) is 0.677. The Bertz CT molecular complexity index is 1090. The summed E-state index contributed by atoms with van der Waals surface area (Å²) in [6.45, 7) is 7.32. The highest BCUT2D eigenvalue weighted by atomic mass is 16.5. The van der Waals surface area contributed by atoms with E-state index >= 15 is 0 Å². The van der Waals surface area contributed by atoms with Gasteiger partial charge in [-0.1, -0.05) is 30.3 Å². The van der Waals surface area contributed by atoms with Crippen molar-refractivity contribution in [1.29, 1.82) is 0 Å². The number of piperidine rings is 1. The van der Waals surface area contributed by atoms with Crippen LogP contribution in [0.1, 0.15) is 29.5 Å². The number of ether oxygens (including phenoxy) is 1. The van der Waals surface area contributed by atoms with E-state index in [4.69, 9.17) is 9.26 Å². The van der Waals surface area contributed by atoms with Gasteiger partial charge in [0.25, 0.3) is 0 Å². The lowest BCUT2D eigenvalue weighted by atomic mass is 9.96. The van der Waals surface area contributed by atoms with E-state index in [1.165, 1.54) is 16.8 Å². The SMILES string of the molecule is Cc1cccc(C)c1N1CCCC(COc2ccc(Cn3oc(=O)[nH]c3=O)cc2)C1. The molecule has 0 saturated carbocycles. The Labute approximate surface area is 174 Å². The van der Waals surface area contributed by atoms with Crippen molar-refractivity contribution in [3.63, 3.8) is 0 Å². The Morgan fingerprint density at radius 2 is 1.83 bits per heavy atom. The fraction of sp³-hybridized carbons (Fsp3) is 0.391. The lowest BCUT2D eigenvalue weighted by molar-refractivity contribution is 0.228. The molecular formula is C23H27N3O4. The van der Waals surface area contributed by atoms with Crippen LogP contribution in [-0.2, 0) is 6.54 Å². The summed E-state index contributed by atoms with van der Waals surface area (Å²) in [4.78, 5) is 27.2. The van der Waals surface area contributed by atoms with Gasteiger partial charge >= 0.3 is 11.4 Å². The molecule has 2 heterocycles. The van der Waals surface area contributed by atoms with Crippen molar-refractivity contribution in [2.75, 3.05) is 24.6 Å². The van der Waals surface area contributed by atoms with Crippen LogP contribution in [0, 0.1) is 19.8 Å². The van der Waals surface area contributed by atoms with Crippen LogP contribution < -0.4 is 21.1 Å². The van der Waals surface area contributed by atoms with E-state index in [1.54, 1.807) is 0 Å². The van der Waals surface area contributed by atoms with Crippen molar-refractivity contribution in [2.24, 2.45) is 5.92 Å². The average Bonchev–Trinajstić information content (AvgIpc) is 3.04. The number of aryl methyl sites for hydroxylation is 2. The number of nitrogens with zero attached hydrogens (tertiary/aromatic N) is 2. The Hall–Kier alpha value is -3.22. The van der Waals surface area contributed by atoms with Crippen molar-refractivity contribution < 1.29 is 9.26 Å². The highest BCUT2D eigenvalue weighted by Gasteiger charge is 2.22. The van der Waals surface area contributed by atoms with Gasteiger partial charge in [0.05, 0.1) is 13.2 Å². The monoisotopic (exact) mass is 409 g/mol. The van der Waals surface area contributed by atoms with Gasteiger partial charge in [-0.3, -0.25) is 0 Å². The summed E-state index contributed by atoms with van der Waals surface area (Å²) in [5, 5.41) is 0. The number of anilines is 1. The maximum absolute atomic E-state index is 11.5. The zero-order valence-corrected chi connectivity index (χ0v) is 17.4. The van der Waals surface area contributed by atoms with E-state index in [2.05, 4.69) is 41.9 Å². The molecule has 1 aliphatic heterocycles. The fourth-order valence-corrected chi connectivity index (χ4v) is 4.20. The molecule has 1 fully saturated rings. The maximum Gasteiger partial charge on any atom is 0.440 e. The number of nitrogens with one attached hydrogen (secondary N) is 1. The van der Waals surface area contributed by atoms with Crippen LogP contribution in [0.5, 0.6) is 5.75 Å². The average molecular weight is 409 g/mol. The molecule has 1 aliphatic rings. The van der Waals surface area contributed by atoms with Gasteiger partial charge in [-0.25, -0.2) is 14.6 Å². The fourth-order valence-electron chi connectivity index (χ4n) is 4.20. The molecule has 0 aliphatic carbocycles. The molecule has 7 nitrogen and oxygen atoms in total. The molecule has 3 aromatic rings. The molecule has 1 saturated heterocycles. The summed E-state index contributed by atoms with van der Waals surface area (Å²) in [7, 11) is 0. The number of H-pyrrole nitrogens is 1. The first-order valence-electron chi connectivity index (χ1n) is 10.3. The number of aromatic amines is 1. The van der Waals surface area contributed by atoms with Gasteiger partial charge in [0.15, 0.2) is 0 Å².